The summed E-state index contributed by atoms with van der Waals surface area (Å²) < 4.78 is 5.19. The number of nitrogens with zero attached hydrogens (tertiary/aromatic N) is 3. The van der Waals surface area contributed by atoms with Gasteiger partial charge >= 0.3 is 5.97 Å². The standard InChI is InChI=1S/C21H16ClN3O3/c22-19-10-8-15-13-16(7-9-18(15)24-19)21(27)28-14-20(26)25(12-4-11-23)17-5-2-1-3-6-17/h1-3,5-10,13H,4,12,14H2. The molecule has 0 N–H and O–H groups in total. The molecule has 0 spiro atoms. The van der Waals surface area contributed by atoms with Crippen LogP contribution in [0.15, 0.2) is 60.7 Å². The topological polar surface area (TPSA) is 83.3 Å². The summed E-state index contributed by atoms with van der Waals surface area (Å²) in [4.78, 5) is 30.5. The molecule has 0 fully saturated rings. The second-order valence-electron chi connectivity index (χ2n) is 5.91. The number of para-hydroxylation sites is 1. The molecule has 1 heterocycles. The molecule has 140 valence electrons. The van der Waals surface area contributed by atoms with Crippen molar-refractivity contribution < 1.29 is 14.3 Å². The average molecular weight is 394 g/mol. The van der Waals surface area contributed by atoms with Crippen LogP contribution in [0.5, 0.6) is 0 Å². The second kappa shape index (κ2) is 8.98. The van der Waals surface area contributed by atoms with Crippen LogP contribution in [0.1, 0.15) is 16.8 Å². The van der Waals surface area contributed by atoms with Crippen LogP contribution in [0.3, 0.4) is 0 Å². The van der Waals surface area contributed by atoms with Crippen LogP contribution >= 0.6 is 11.6 Å². The zero-order chi connectivity index (χ0) is 19.9. The SMILES string of the molecule is N#CCCN(C(=O)COC(=O)c1ccc2nc(Cl)ccc2c1)c1ccccc1. The van der Waals surface area contributed by atoms with Crippen molar-refractivity contribution in [3.63, 3.8) is 0 Å². The van der Waals surface area contributed by atoms with Gasteiger partial charge in [0.15, 0.2) is 6.61 Å². The lowest BCUT2D eigenvalue weighted by Gasteiger charge is -2.21. The fourth-order valence-electron chi connectivity index (χ4n) is 2.68. The van der Waals surface area contributed by atoms with Crippen molar-refractivity contribution in [2.75, 3.05) is 18.1 Å². The number of pyridine rings is 1. The van der Waals surface area contributed by atoms with Gasteiger partial charge in [0.05, 0.1) is 23.6 Å². The monoisotopic (exact) mass is 393 g/mol. The Bertz CT molecular complexity index is 1050. The van der Waals surface area contributed by atoms with Gasteiger partial charge in [-0.2, -0.15) is 5.26 Å². The van der Waals surface area contributed by atoms with Crippen molar-refractivity contribution in [2.45, 2.75) is 6.42 Å². The van der Waals surface area contributed by atoms with Gasteiger partial charge in [0, 0.05) is 17.6 Å². The lowest BCUT2D eigenvalue weighted by atomic mass is 10.1. The van der Waals surface area contributed by atoms with E-state index in [2.05, 4.69) is 4.98 Å². The Morgan fingerprint density at radius 2 is 1.89 bits per heavy atom. The first-order chi connectivity index (χ1) is 13.6. The second-order valence-corrected chi connectivity index (χ2v) is 6.29. The van der Waals surface area contributed by atoms with Crippen LogP contribution in [0.2, 0.25) is 5.15 Å². The first-order valence-electron chi connectivity index (χ1n) is 8.54. The molecule has 0 unspecified atom stereocenters. The molecule has 0 saturated carbocycles. The number of rotatable bonds is 6. The average Bonchev–Trinajstić information content (AvgIpc) is 2.72. The van der Waals surface area contributed by atoms with E-state index in [4.69, 9.17) is 21.6 Å². The van der Waals surface area contributed by atoms with Gasteiger partial charge in [-0.25, -0.2) is 9.78 Å². The Kier molecular flexibility index (Phi) is 6.20. The van der Waals surface area contributed by atoms with Gasteiger partial charge in [-0.15, -0.1) is 0 Å². The van der Waals surface area contributed by atoms with Gasteiger partial charge in [-0.3, -0.25) is 4.79 Å². The van der Waals surface area contributed by atoms with Crippen molar-refractivity contribution in [3.05, 3.63) is 71.4 Å². The maximum absolute atomic E-state index is 12.5. The number of benzene rings is 2. The molecule has 0 aliphatic carbocycles. The van der Waals surface area contributed by atoms with Crippen molar-refractivity contribution >= 4 is 40.1 Å². The minimum atomic E-state index is -0.613. The molecule has 2 aromatic carbocycles. The van der Waals surface area contributed by atoms with E-state index in [-0.39, 0.29) is 13.0 Å². The van der Waals surface area contributed by atoms with Crippen molar-refractivity contribution in [1.82, 2.24) is 4.98 Å². The van der Waals surface area contributed by atoms with E-state index in [9.17, 15) is 9.59 Å². The number of fused-ring (bicyclic) bond motifs is 1. The molecular formula is C21H16ClN3O3. The quantitative estimate of drug-likeness (QED) is 0.467. The van der Waals surface area contributed by atoms with Crippen molar-refractivity contribution in [1.29, 1.82) is 5.26 Å². The minimum absolute atomic E-state index is 0.175. The fraction of sp³-hybridized carbons (Fsp3) is 0.143. The number of halogens is 1. The Hall–Kier alpha value is -3.43. The van der Waals surface area contributed by atoms with Crippen LogP contribution in [0.4, 0.5) is 5.69 Å². The molecule has 1 amide bonds. The Labute approximate surface area is 166 Å². The number of nitriles is 1. The summed E-state index contributed by atoms with van der Waals surface area (Å²) in [5.41, 5.74) is 1.62. The summed E-state index contributed by atoms with van der Waals surface area (Å²) in [7, 11) is 0. The van der Waals surface area contributed by atoms with Crippen LogP contribution in [-0.4, -0.2) is 30.0 Å². The molecule has 1 aromatic heterocycles. The van der Waals surface area contributed by atoms with Crippen molar-refractivity contribution in [2.24, 2.45) is 0 Å². The third-order valence-corrected chi connectivity index (χ3v) is 4.24. The van der Waals surface area contributed by atoms with Crippen molar-refractivity contribution in [3.8, 4) is 6.07 Å². The number of amides is 1. The predicted molar refractivity (Wildman–Crippen MR) is 106 cm³/mol. The van der Waals surface area contributed by atoms with Gasteiger partial charge in [0.1, 0.15) is 5.15 Å². The number of aromatic nitrogens is 1. The van der Waals surface area contributed by atoms with E-state index < -0.39 is 18.5 Å². The lowest BCUT2D eigenvalue weighted by molar-refractivity contribution is -0.121. The number of carbonyl (C=O) groups excluding carboxylic acids is 2. The molecule has 6 nitrogen and oxygen atoms in total. The number of carbonyl (C=O) groups is 2. The summed E-state index contributed by atoms with van der Waals surface area (Å²) in [6, 6.07) is 19.2. The molecule has 0 bridgehead atoms. The molecule has 0 aliphatic rings. The molecular weight excluding hydrogens is 378 g/mol. The number of esters is 1. The molecule has 3 rings (SSSR count). The third kappa shape index (κ3) is 4.64. The summed E-state index contributed by atoms with van der Waals surface area (Å²) in [5, 5.41) is 9.94. The lowest BCUT2D eigenvalue weighted by Crippen LogP contribution is -2.35. The van der Waals surface area contributed by atoms with Crippen LogP contribution in [0, 0.1) is 11.3 Å². The van der Waals surface area contributed by atoms with E-state index in [0.717, 1.165) is 5.39 Å². The summed E-state index contributed by atoms with van der Waals surface area (Å²) in [5.74, 6) is -1.01. The molecule has 0 radical (unpaired) electrons. The normalized spacial score (nSPS) is 10.3. The largest absolute Gasteiger partial charge is 0.452 e. The van der Waals surface area contributed by atoms with Gasteiger partial charge in [0.2, 0.25) is 0 Å². The highest BCUT2D eigenvalue weighted by atomic mass is 35.5. The Morgan fingerprint density at radius 1 is 1.11 bits per heavy atom. The zero-order valence-corrected chi connectivity index (χ0v) is 15.6. The first-order valence-corrected chi connectivity index (χ1v) is 8.92. The number of hydrogen-bond acceptors (Lipinski definition) is 5. The molecule has 0 aliphatic heterocycles. The van der Waals surface area contributed by atoms with Crippen LogP contribution in [0.25, 0.3) is 10.9 Å². The van der Waals surface area contributed by atoms with Gasteiger partial charge < -0.3 is 9.64 Å². The third-order valence-electron chi connectivity index (χ3n) is 4.03. The maximum atomic E-state index is 12.5. The minimum Gasteiger partial charge on any atom is -0.452 e. The number of hydrogen-bond donors (Lipinski definition) is 0. The first kappa shape index (κ1) is 19.3. The van der Waals surface area contributed by atoms with E-state index in [1.165, 1.54) is 4.90 Å². The van der Waals surface area contributed by atoms with Crippen LogP contribution < -0.4 is 4.90 Å². The predicted octanol–water partition coefficient (Wildman–Crippen LogP) is 3.99. The van der Waals surface area contributed by atoms with Gasteiger partial charge in [0.25, 0.3) is 5.91 Å². The van der Waals surface area contributed by atoms with E-state index in [1.54, 1.807) is 54.6 Å². The maximum Gasteiger partial charge on any atom is 0.338 e. The molecule has 3 aromatic rings. The highest BCUT2D eigenvalue weighted by Crippen LogP contribution is 2.18. The summed E-state index contributed by atoms with van der Waals surface area (Å²) >= 11 is 5.86. The zero-order valence-electron chi connectivity index (χ0n) is 14.8. The highest BCUT2D eigenvalue weighted by molar-refractivity contribution is 6.29. The highest BCUT2D eigenvalue weighted by Gasteiger charge is 2.18. The molecule has 0 atom stereocenters. The van der Waals surface area contributed by atoms with E-state index >= 15 is 0 Å². The van der Waals surface area contributed by atoms with Gasteiger partial charge in [-0.1, -0.05) is 29.8 Å². The van der Waals surface area contributed by atoms with E-state index in [0.29, 0.717) is 21.9 Å². The Balaban J connectivity index is 1.69. The summed E-state index contributed by atoms with van der Waals surface area (Å²) in [6.45, 7) is -0.199. The molecule has 0 saturated heterocycles. The molecule has 28 heavy (non-hydrogen) atoms. The fourth-order valence-corrected chi connectivity index (χ4v) is 2.84. The summed E-state index contributed by atoms with van der Waals surface area (Å²) in [6.07, 6.45) is 0.175. The smallest absolute Gasteiger partial charge is 0.338 e. The van der Waals surface area contributed by atoms with E-state index in [1.807, 2.05) is 12.1 Å². The van der Waals surface area contributed by atoms with Gasteiger partial charge in [-0.05, 0) is 42.5 Å². The molecule has 7 heteroatoms. The number of anilines is 1. The van der Waals surface area contributed by atoms with Crippen LogP contribution in [-0.2, 0) is 9.53 Å². The number of ether oxygens (including phenoxy) is 1. The Morgan fingerprint density at radius 3 is 2.64 bits per heavy atom.